The number of hydrogen-bond donors (Lipinski definition) is 8. The molecule has 0 spiro atoms. The summed E-state index contributed by atoms with van der Waals surface area (Å²) in [4.78, 5) is 0. The smallest absolute Gasteiger partial charge is 0.126 e. The predicted octanol–water partition coefficient (Wildman–Crippen LogP) is 0.529. The number of aliphatic hydroxyl groups excluding tert-OH is 8. The molecule has 1 rings (SSSR count). The van der Waals surface area contributed by atoms with Gasteiger partial charge in [-0.05, 0) is 25.4 Å². The molecule has 0 radical (unpaired) electrons. The molecule has 0 aliphatic carbocycles. The Morgan fingerprint density at radius 3 is 1.56 bits per heavy atom. The standard InChI is InChI=1S/C46H95NO18P/c1-6-7-8-9-10-11-12-13-14-15-16-66(5)36-41(55)26-57-25-40(54)27-63-42(19-49)28-60-34-46(31-59-24-39(53)23-56-22-38(52)18-48)65-45(30-58-21-37(51)17-47(2,3)4)35-62-33-44-32-61-29-43(20-50)64-44/h37-46,48-55H,6-36H2,1-5H3/q+1. The van der Waals surface area contributed by atoms with Crippen molar-refractivity contribution in [2.24, 2.45) is 0 Å². The number of rotatable bonds is 47. The van der Waals surface area contributed by atoms with E-state index in [1.807, 2.05) is 21.1 Å². The molecule has 1 saturated heterocycles. The van der Waals surface area contributed by atoms with E-state index in [4.69, 9.17) is 52.5 Å². The van der Waals surface area contributed by atoms with Crippen LogP contribution in [0.4, 0.5) is 0 Å². The van der Waals surface area contributed by atoms with Gasteiger partial charge in [0.1, 0.15) is 61.5 Å². The van der Waals surface area contributed by atoms with Crippen molar-refractivity contribution in [2.45, 2.75) is 132 Å². The second kappa shape index (κ2) is 41.3. The maximum absolute atomic E-state index is 10.5. The molecule has 19 nitrogen and oxygen atoms in total. The van der Waals surface area contributed by atoms with Gasteiger partial charge in [0.05, 0.1) is 146 Å². The number of aliphatic hydroxyl groups is 8. The van der Waals surface area contributed by atoms with Gasteiger partial charge in [-0.3, -0.25) is 0 Å². The van der Waals surface area contributed by atoms with Crippen molar-refractivity contribution in [1.82, 2.24) is 0 Å². The summed E-state index contributed by atoms with van der Waals surface area (Å²) < 4.78 is 58.3. The van der Waals surface area contributed by atoms with Gasteiger partial charge in [-0.15, -0.1) is 7.92 Å². The highest BCUT2D eigenvalue weighted by atomic mass is 31.1. The zero-order chi connectivity index (χ0) is 48.8. The number of nitrogens with zero attached hydrogens (tertiary/aromatic N) is 1. The Morgan fingerprint density at radius 2 is 1.00 bits per heavy atom. The largest absolute Gasteiger partial charge is 0.394 e. The molecule has 0 saturated carbocycles. The molecule has 0 aromatic carbocycles. The minimum Gasteiger partial charge on any atom is -0.394 e. The Labute approximate surface area is 397 Å². The summed E-state index contributed by atoms with van der Waals surface area (Å²) in [5, 5.41) is 80.0. The lowest BCUT2D eigenvalue weighted by Crippen LogP contribution is -2.44. The molecule has 20 heteroatoms. The molecule has 0 aromatic heterocycles. The van der Waals surface area contributed by atoms with Crippen LogP contribution in [0, 0.1) is 0 Å². The van der Waals surface area contributed by atoms with Crippen LogP contribution >= 0.6 is 7.92 Å². The monoisotopic (exact) mass is 981 g/mol. The molecule has 0 aromatic rings. The van der Waals surface area contributed by atoms with Crippen molar-refractivity contribution in [1.29, 1.82) is 0 Å². The van der Waals surface area contributed by atoms with Crippen molar-refractivity contribution in [3.63, 3.8) is 0 Å². The van der Waals surface area contributed by atoms with E-state index in [-0.39, 0.29) is 107 Å². The Morgan fingerprint density at radius 1 is 0.530 bits per heavy atom. The summed E-state index contributed by atoms with van der Waals surface area (Å²) in [5.41, 5.74) is 0. The number of likely N-dealkylation sites (N-methyl/N-ethyl adjacent to an activating group) is 1. The van der Waals surface area contributed by atoms with Crippen LogP contribution < -0.4 is 0 Å². The minimum atomic E-state index is -1.07. The summed E-state index contributed by atoms with van der Waals surface area (Å²) >= 11 is 0. The SMILES string of the molecule is CCCCCCCCCCCCP(C)CC(O)COCC(O)COC(CO)COCC(COCC(O)COCC(O)CO)OC(COCC(O)C[N+](C)(C)C)COCC1COCC(CO)O1. The molecule has 1 heterocycles. The average Bonchev–Trinajstić information content (AvgIpc) is 3.27. The van der Waals surface area contributed by atoms with Crippen molar-refractivity contribution in [3.05, 3.63) is 0 Å². The van der Waals surface area contributed by atoms with E-state index in [0.29, 0.717) is 23.8 Å². The highest BCUT2D eigenvalue weighted by molar-refractivity contribution is 7.56. The van der Waals surface area contributed by atoms with Crippen LogP contribution in [-0.4, -0.2) is 272 Å². The fourth-order valence-corrected chi connectivity index (χ4v) is 8.78. The van der Waals surface area contributed by atoms with Crippen LogP contribution in [0.5, 0.6) is 0 Å². The van der Waals surface area contributed by atoms with Crippen molar-refractivity contribution in [2.75, 3.05) is 166 Å². The summed E-state index contributed by atoms with van der Waals surface area (Å²) in [6.45, 7) is 4.09. The van der Waals surface area contributed by atoms with Gasteiger partial charge in [0, 0.05) is 0 Å². The quantitative estimate of drug-likeness (QED) is 0.0235. The molecule has 396 valence electrons. The maximum Gasteiger partial charge on any atom is 0.126 e. The van der Waals surface area contributed by atoms with Crippen LogP contribution in [0.25, 0.3) is 0 Å². The zero-order valence-electron chi connectivity index (χ0n) is 41.2. The van der Waals surface area contributed by atoms with Crippen LogP contribution in [0.2, 0.25) is 0 Å². The first-order chi connectivity index (χ1) is 31.7. The molecule has 1 aliphatic heterocycles. The average molecular weight is 981 g/mol. The van der Waals surface area contributed by atoms with E-state index in [0.717, 1.165) is 6.16 Å². The Kier molecular flexibility index (Phi) is 39.9. The first-order valence-corrected chi connectivity index (χ1v) is 26.5. The third kappa shape index (κ3) is 37.5. The maximum atomic E-state index is 10.5. The lowest BCUT2D eigenvalue weighted by molar-refractivity contribution is -0.873. The van der Waals surface area contributed by atoms with E-state index < -0.39 is 74.3 Å². The van der Waals surface area contributed by atoms with Crippen molar-refractivity contribution in [3.8, 4) is 0 Å². The van der Waals surface area contributed by atoms with Gasteiger partial charge in [0.15, 0.2) is 0 Å². The Hall–Kier alpha value is -0.330. The Bertz CT molecular complexity index is 1070. The van der Waals surface area contributed by atoms with Crippen LogP contribution in [-0.2, 0) is 47.4 Å². The molecule has 0 amide bonds. The fraction of sp³-hybridized carbons (Fsp3) is 1.00. The molecule has 1 aliphatic rings. The van der Waals surface area contributed by atoms with Crippen molar-refractivity contribution < 1.29 is 92.7 Å². The van der Waals surface area contributed by atoms with Gasteiger partial charge in [-0.1, -0.05) is 64.7 Å². The predicted molar refractivity (Wildman–Crippen MR) is 251 cm³/mol. The molecule has 0 bridgehead atoms. The molecular weight excluding hydrogens is 885 g/mol. The second-order valence-electron chi connectivity index (χ2n) is 18.7. The number of quaternary nitrogens is 1. The van der Waals surface area contributed by atoms with Gasteiger partial charge >= 0.3 is 0 Å². The lowest BCUT2D eigenvalue weighted by Gasteiger charge is -2.30. The van der Waals surface area contributed by atoms with E-state index in [9.17, 15) is 35.7 Å². The van der Waals surface area contributed by atoms with Gasteiger partial charge in [-0.2, -0.15) is 0 Å². The first-order valence-electron chi connectivity index (χ1n) is 24.4. The highest BCUT2D eigenvalue weighted by Crippen LogP contribution is 2.33. The van der Waals surface area contributed by atoms with Crippen molar-refractivity contribution >= 4 is 7.92 Å². The van der Waals surface area contributed by atoms with Gasteiger partial charge < -0.3 is 92.7 Å². The fourth-order valence-electron chi connectivity index (χ4n) is 7.01. The van der Waals surface area contributed by atoms with Gasteiger partial charge in [-0.25, -0.2) is 0 Å². The van der Waals surface area contributed by atoms with Gasteiger partial charge in [0.25, 0.3) is 0 Å². The highest BCUT2D eigenvalue weighted by Gasteiger charge is 2.26. The molecule has 66 heavy (non-hydrogen) atoms. The van der Waals surface area contributed by atoms with Gasteiger partial charge in [0.2, 0.25) is 0 Å². The van der Waals surface area contributed by atoms with Crippen LogP contribution in [0.15, 0.2) is 0 Å². The van der Waals surface area contributed by atoms with E-state index >= 15 is 0 Å². The van der Waals surface area contributed by atoms with E-state index in [2.05, 4.69) is 13.6 Å². The lowest BCUT2D eigenvalue weighted by atomic mass is 10.1. The normalized spacial score (nSPS) is 20.1. The van der Waals surface area contributed by atoms with E-state index in [1.165, 1.54) is 64.2 Å². The number of unbranched alkanes of at least 4 members (excludes halogenated alkanes) is 9. The molecule has 1 fully saturated rings. The van der Waals surface area contributed by atoms with Crippen LogP contribution in [0.1, 0.15) is 71.1 Å². The summed E-state index contributed by atoms with van der Waals surface area (Å²) in [6.07, 6.45) is 7.33. The Balaban J connectivity index is 2.67. The molecular formula is C46H95NO18P+. The summed E-state index contributed by atoms with van der Waals surface area (Å²) in [6, 6.07) is 0. The van der Waals surface area contributed by atoms with Crippen LogP contribution in [0.3, 0.4) is 0 Å². The third-order valence-electron chi connectivity index (χ3n) is 10.4. The zero-order valence-corrected chi connectivity index (χ0v) is 42.1. The third-order valence-corrected chi connectivity index (χ3v) is 12.5. The number of hydrogen-bond acceptors (Lipinski definition) is 18. The molecule has 11 unspecified atom stereocenters. The summed E-state index contributed by atoms with van der Waals surface area (Å²) in [7, 11) is 5.60. The number of ether oxygens (including phenoxy) is 10. The minimum absolute atomic E-state index is 0.0360. The second-order valence-corrected chi connectivity index (χ2v) is 21.2. The summed E-state index contributed by atoms with van der Waals surface area (Å²) in [5.74, 6) is 0. The molecule has 8 N–H and O–H groups in total. The van der Waals surface area contributed by atoms with E-state index in [1.54, 1.807) is 0 Å². The first kappa shape index (κ1) is 63.7. The topological polar surface area (TPSA) is 254 Å². The molecule has 11 atom stereocenters.